The number of carbonyl (C=O) groups excluding carboxylic acids is 1. The molecule has 2 rings (SSSR count). The molecule has 1 aromatic rings. The zero-order valence-corrected chi connectivity index (χ0v) is 9.81. The lowest BCUT2D eigenvalue weighted by molar-refractivity contribution is -0.129. The molecule has 1 saturated heterocycles. The van der Waals surface area contributed by atoms with Crippen molar-refractivity contribution >= 4 is 5.91 Å². The fourth-order valence-electron chi connectivity index (χ4n) is 2.12. The summed E-state index contributed by atoms with van der Waals surface area (Å²) in [5, 5.41) is 0. The van der Waals surface area contributed by atoms with Gasteiger partial charge in [-0.25, -0.2) is 9.97 Å². The van der Waals surface area contributed by atoms with Gasteiger partial charge in [0.15, 0.2) is 0 Å². The van der Waals surface area contributed by atoms with Crippen molar-refractivity contribution in [3.63, 3.8) is 0 Å². The van der Waals surface area contributed by atoms with Crippen LogP contribution in [0, 0.1) is 6.92 Å². The average molecular weight is 219 g/mol. The van der Waals surface area contributed by atoms with Gasteiger partial charge in [-0.3, -0.25) is 4.79 Å². The van der Waals surface area contributed by atoms with E-state index in [1.54, 1.807) is 6.92 Å². The molecule has 0 bridgehead atoms. The summed E-state index contributed by atoms with van der Waals surface area (Å²) in [5.41, 5.74) is 1.01. The molecular weight excluding hydrogens is 202 g/mol. The first-order chi connectivity index (χ1) is 7.66. The molecule has 1 fully saturated rings. The van der Waals surface area contributed by atoms with Gasteiger partial charge in [0, 0.05) is 37.8 Å². The summed E-state index contributed by atoms with van der Waals surface area (Å²) in [6, 6.07) is 1.91. The van der Waals surface area contributed by atoms with E-state index in [1.807, 2.05) is 24.1 Å². The molecule has 4 heteroatoms. The number of aryl methyl sites for hydroxylation is 1. The Morgan fingerprint density at radius 1 is 1.44 bits per heavy atom. The molecule has 1 aliphatic rings. The Bertz CT molecular complexity index is 384. The minimum Gasteiger partial charge on any atom is -0.343 e. The van der Waals surface area contributed by atoms with E-state index < -0.39 is 0 Å². The highest BCUT2D eigenvalue weighted by atomic mass is 16.2. The van der Waals surface area contributed by atoms with E-state index in [1.165, 1.54) is 0 Å². The fraction of sp³-hybridized carbons (Fsp3) is 0.583. The summed E-state index contributed by atoms with van der Waals surface area (Å²) in [6.07, 6.45) is 3.76. The van der Waals surface area contributed by atoms with Gasteiger partial charge in [0.2, 0.25) is 5.91 Å². The molecule has 1 aliphatic heterocycles. The van der Waals surface area contributed by atoms with Crippen molar-refractivity contribution in [2.24, 2.45) is 0 Å². The molecule has 0 saturated carbocycles. The number of piperidine rings is 1. The second-order valence-electron chi connectivity index (χ2n) is 4.34. The number of likely N-dealkylation sites (tertiary alicyclic amines) is 1. The maximum absolute atomic E-state index is 11.2. The van der Waals surface area contributed by atoms with Crippen LogP contribution in [0.4, 0.5) is 0 Å². The molecule has 0 unspecified atom stereocenters. The summed E-state index contributed by atoms with van der Waals surface area (Å²) in [6.45, 7) is 5.27. The third-order valence-electron chi connectivity index (χ3n) is 3.12. The number of hydrogen-bond acceptors (Lipinski definition) is 3. The molecule has 1 aromatic heterocycles. The van der Waals surface area contributed by atoms with E-state index >= 15 is 0 Å². The van der Waals surface area contributed by atoms with E-state index in [2.05, 4.69) is 9.97 Å². The Morgan fingerprint density at radius 2 is 2.12 bits per heavy atom. The number of hydrogen-bond donors (Lipinski definition) is 0. The van der Waals surface area contributed by atoms with Crippen LogP contribution in [0.25, 0.3) is 0 Å². The van der Waals surface area contributed by atoms with Gasteiger partial charge in [0.05, 0.1) is 0 Å². The minimum atomic E-state index is 0.170. The third-order valence-corrected chi connectivity index (χ3v) is 3.12. The first-order valence-corrected chi connectivity index (χ1v) is 5.72. The van der Waals surface area contributed by atoms with Crippen LogP contribution in [0.1, 0.15) is 37.2 Å². The summed E-state index contributed by atoms with van der Waals surface area (Å²) < 4.78 is 0. The predicted molar refractivity (Wildman–Crippen MR) is 61.0 cm³/mol. The Labute approximate surface area is 95.7 Å². The number of rotatable bonds is 1. The lowest BCUT2D eigenvalue weighted by atomic mass is 9.96. The van der Waals surface area contributed by atoms with Gasteiger partial charge in [-0.15, -0.1) is 0 Å². The normalized spacial score (nSPS) is 17.5. The van der Waals surface area contributed by atoms with Crippen LogP contribution in [0.3, 0.4) is 0 Å². The van der Waals surface area contributed by atoms with E-state index in [-0.39, 0.29) is 5.91 Å². The van der Waals surface area contributed by atoms with E-state index in [9.17, 15) is 4.79 Å². The van der Waals surface area contributed by atoms with E-state index in [0.717, 1.165) is 37.4 Å². The van der Waals surface area contributed by atoms with Crippen molar-refractivity contribution in [1.82, 2.24) is 14.9 Å². The Morgan fingerprint density at radius 3 is 2.69 bits per heavy atom. The van der Waals surface area contributed by atoms with Crippen LogP contribution in [-0.2, 0) is 4.79 Å². The monoisotopic (exact) mass is 219 g/mol. The van der Waals surface area contributed by atoms with Crippen molar-refractivity contribution in [3.05, 3.63) is 23.8 Å². The molecule has 86 valence electrons. The zero-order valence-electron chi connectivity index (χ0n) is 9.81. The van der Waals surface area contributed by atoms with Crippen LogP contribution in [-0.4, -0.2) is 33.9 Å². The highest BCUT2D eigenvalue weighted by Gasteiger charge is 2.23. The van der Waals surface area contributed by atoms with Gasteiger partial charge < -0.3 is 4.90 Å². The van der Waals surface area contributed by atoms with Gasteiger partial charge >= 0.3 is 0 Å². The van der Waals surface area contributed by atoms with E-state index in [4.69, 9.17) is 0 Å². The van der Waals surface area contributed by atoms with Crippen molar-refractivity contribution < 1.29 is 4.79 Å². The molecule has 0 aliphatic carbocycles. The topological polar surface area (TPSA) is 46.1 Å². The quantitative estimate of drug-likeness (QED) is 0.719. The van der Waals surface area contributed by atoms with Gasteiger partial charge in [-0.1, -0.05) is 0 Å². The number of nitrogens with zero attached hydrogens (tertiary/aromatic N) is 3. The summed E-state index contributed by atoms with van der Waals surface area (Å²) in [5.74, 6) is 1.52. The third kappa shape index (κ3) is 2.38. The van der Waals surface area contributed by atoms with Gasteiger partial charge in [-0.2, -0.15) is 0 Å². The maximum Gasteiger partial charge on any atom is 0.219 e. The van der Waals surface area contributed by atoms with Crippen molar-refractivity contribution in [2.45, 2.75) is 32.6 Å². The standard InChI is InChI=1S/C12H17N3O/c1-9-3-6-13-12(14-9)11-4-7-15(8-5-11)10(2)16/h3,6,11H,4-5,7-8H2,1-2H3. The zero-order chi connectivity index (χ0) is 11.5. The summed E-state index contributed by atoms with van der Waals surface area (Å²) >= 11 is 0. The number of carbonyl (C=O) groups is 1. The minimum absolute atomic E-state index is 0.170. The van der Waals surface area contributed by atoms with E-state index in [0.29, 0.717) is 5.92 Å². The molecule has 0 N–H and O–H groups in total. The molecule has 4 nitrogen and oxygen atoms in total. The highest BCUT2D eigenvalue weighted by Crippen LogP contribution is 2.25. The fourth-order valence-corrected chi connectivity index (χ4v) is 2.12. The van der Waals surface area contributed by atoms with Gasteiger partial charge in [0.1, 0.15) is 5.82 Å². The Balaban J connectivity index is 2.01. The van der Waals surface area contributed by atoms with Crippen LogP contribution in [0.15, 0.2) is 12.3 Å². The SMILES string of the molecule is CC(=O)N1CCC(c2nccc(C)n2)CC1. The lowest BCUT2D eigenvalue weighted by Crippen LogP contribution is -2.36. The molecule has 0 aromatic carbocycles. The van der Waals surface area contributed by atoms with Crippen molar-refractivity contribution in [3.8, 4) is 0 Å². The van der Waals surface area contributed by atoms with Crippen LogP contribution < -0.4 is 0 Å². The molecule has 2 heterocycles. The van der Waals surface area contributed by atoms with Crippen LogP contribution in [0.5, 0.6) is 0 Å². The Kier molecular flexibility index (Phi) is 3.17. The molecule has 1 amide bonds. The first-order valence-electron chi connectivity index (χ1n) is 5.72. The Hall–Kier alpha value is -1.45. The van der Waals surface area contributed by atoms with Gasteiger partial charge in [0.25, 0.3) is 0 Å². The van der Waals surface area contributed by atoms with Crippen molar-refractivity contribution in [1.29, 1.82) is 0 Å². The van der Waals surface area contributed by atoms with Crippen LogP contribution in [0.2, 0.25) is 0 Å². The average Bonchev–Trinajstić information content (AvgIpc) is 2.29. The number of aromatic nitrogens is 2. The predicted octanol–water partition coefficient (Wildman–Crippen LogP) is 1.51. The number of amides is 1. The lowest BCUT2D eigenvalue weighted by Gasteiger charge is -2.30. The molecular formula is C12H17N3O. The second-order valence-corrected chi connectivity index (χ2v) is 4.34. The first kappa shape index (κ1) is 11.0. The smallest absolute Gasteiger partial charge is 0.219 e. The van der Waals surface area contributed by atoms with Crippen LogP contribution >= 0.6 is 0 Å². The molecule has 0 radical (unpaired) electrons. The van der Waals surface area contributed by atoms with Crippen molar-refractivity contribution in [2.75, 3.05) is 13.1 Å². The van der Waals surface area contributed by atoms with Gasteiger partial charge in [-0.05, 0) is 25.8 Å². The highest BCUT2D eigenvalue weighted by molar-refractivity contribution is 5.73. The molecule has 0 atom stereocenters. The maximum atomic E-state index is 11.2. The summed E-state index contributed by atoms with van der Waals surface area (Å²) in [4.78, 5) is 21.9. The molecule has 16 heavy (non-hydrogen) atoms. The summed E-state index contributed by atoms with van der Waals surface area (Å²) in [7, 11) is 0. The molecule has 0 spiro atoms. The second kappa shape index (κ2) is 4.60. The largest absolute Gasteiger partial charge is 0.343 e.